The largest absolute Gasteiger partial charge is 0.489 e. The van der Waals surface area contributed by atoms with E-state index in [1.165, 1.54) is 0 Å². The molecule has 0 amide bonds. The monoisotopic (exact) mass is 228 g/mol. The van der Waals surface area contributed by atoms with Gasteiger partial charge in [0.1, 0.15) is 5.69 Å². The summed E-state index contributed by atoms with van der Waals surface area (Å²) in [5.74, 6) is 1.72. The molecule has 0 saturated carbocycles. The molecule has 3 nitrogen and oxygen atoms in total. The van der Waals surface area contributed by atoms with Gasteiger partial charge in [0.2, 0.25) is 0 Å². The van der Waals surface area contributed by atoms with Crippen molar-refractivity contribution in [3.63, 3.8) is 0 Å². The molecule has 0 aromatic carbocycles. The summed E-state index contributed by atoms with van der Waals surface area (Å²) in [5, 5.41) is 4.31. The number of thiol groups is 1. The first-order chi connectivity index (χ1) is 6.87. The SMILES string of the molecule is Cc1nn(C)c(C)c1OCC(C)(C)CS. The molecule has 0 spiro atoms. The maximum atomic E-state index is 5.81. The van der Waals surface area contributed by atoms with E-state index in [4.69, 9.17) is 4.74 Å². The fraction of sp³-hybridized carbons (Fsp3) is 0.727. The molecule has 0 N–H and O–H groups in total. The Labute approximate surface area is 97.2 Å². The van der Waals surface area contributed by atoms with Gasteiger partial charge in [0.15, 0.2) is 5.75 Å². The summed E-state index contributed by atoms with van der Waals surface area (Å²) >= 11 is 4.30. The maximum absolute atomic E-state index is 5.81. The van der Waals surface area contributed by atoms with Crippen molar-refractivity contribution in [2.75, 3.05) is 12.4 Å². The summed E-state index contributed by atoms with van der Waals surface area (Å²) in [6.45, 7) is 8.94. The van der Waals surface area contributed by atoms with Crippen LogP contribution in [-0.2, 0) is 7.05 Å². The third-order valence-corrected chi connectivity index (χ3v) is 3.33. The predicted octanol–water partition coefficient (Wildman–Crippen LogP) is 2.37. The Kier molecular flexibility index (Phi) is 3.71. The Morgan fingerprint density at radius 2 is 2.00 bits per heavy atom. The van der Waals surface area contributed by atoms with E-state index in [1.807, 2.05) is 25.6 Å². The summed E-state index contributed by atoms with van der Waals surface area (Å²) in [5.41, 5.74) is 2.12. The van der Waals surface area contributed by atoms with E-state index < -0.39 is 0 Å². The smallest absolute Gasteiger partial charge is 0.162 e. The first kappa shape index (κ1) is 12.4. The second-order valence-corrected chi connectivity index (χ2v) is 5.05. The fourth-order valence-corrected chi connectivity index (χ4v) is 1.37. The first-order valence-electron chi connectivity index (χ1n) is 5.11. The highest BCUT2D eigenvalue weighted by molar-refractivity contribution is 7.80. The molecule has 0 aliphatic carbocycles. The third kappa shape index (κ3) is 2.91. The topological polar surface area (TPSA) is 27.1 Å². The van der Waals surface area contributed by atoms with Crippen LogP contribution in [0.1, 0.15) is 25.2 Å². The number of nitrogens with zero attached hydrogens (tertiary/aromatic N) is 2. The van der Waals surface area contributed by atoms with Gasteiger partial charge in [-0.2, -0.15) is 17.7 Å². The third-order valence-electron chi connectivity index (χ3n) is 2.48. The van der Waals surface area contributed by atoms with Crippen LogP contribution in [0.15, 0.2) is 0 Å². The fourth-order valence-electron chi connectivity index (χ4n) is 1.28. The van der Waals surface area contributed by atoms with E-state index in [9.17, 15) is 0 Å². The van der Waals surface area contributed by atoms with Gasteiger partial charge in [-0.3, -0.25) is 4.68 Å². The Bertz CT molecular complexity index is 345. The van der Waals surface area contributed by atoms with Gasteiger partial charge in [-0.1, -0.05) is 13.8 Å². The van der Waals surface area contributed by atoms with Crippen molar-refractivity contribution in [2.45, 2.75) is 27.7 Å². The zero-order valence-corrected chi connectivity index (χ0v) is 11.1. The molecule has 0 bridgehead atoms. The average molecular weight is 228 g/mol. The van der Waals surface area contributed by atoms with Gasteiger partial charge >= 0.3 is 0 Å². The van der Waals surface area contributed by atoms with E-state index in [2.05, 4.69) is 31.6 Å². The standard InChI is InChI=1S/C11H20N2OS/c1-8-10(9(2)13(5)12-8)14-6-11(3,4)7-15/h15H,6-7H2,1-5H3. The van der Waals surface area contributed by atoms with Crippen molar-refractivity contribution in [1.82, 2.24) is 9.78 Å². The molecule has 1 rings (SSSR count). The molecular weight excluding hydrogens is 208 g/mol. The van der Waals surface area contributed by atoms with Gasteiger partial charge in [0.05, 0.1) is 12.3 Å². The highest BCUT2D eigenvalue weighted by Gasteiger charge is 2.19. The summed E-state index contributed by atoms with van der Waals surface area (Å²) in [7, 11) is 1.93. The molecule has 0 aliphatic heterocycles. The van der Waals surface area contributed by atoms with Crippen LogP contribution in [0.25, 0.3) is 0 Å². The molecule has 0 atom stereocenters. The van der Waals surface area contributed by atoms with Crippen LogP contribution < -0.4 is 4.74 Å². The molecule has 0 saturated heterocycles. The Balaban J connectivity index is 2.73. The van der Waals surface area contributed by atoms with E-state index in [0.29, 0.717) is 6.61 Å². The molecule has 0 aliphatic rings. The number of hydrogen-bond acceptors (Lipinski definition) is 3. The van der Waals surface area contributed by atoms with E-state index in [-0.39, 0.29) is 5.41 Å². The summed E-state index contributed by atoms with van der Waals surface area (Å²) in [4.78, 5) is 0. The van der Waals surface area contributed by atoms with E-state index in [1.54, 1.807) is 0 Å². The summed E-state index contributed by atoms with van der Waals surface area (Å²) < 4.78 is 7.66. The molecule has 0 unspecified atom stereocenters. The molecule has 86 valence electrons. The van der Waals surface area contributed by atoms with Gasteiger partial charge in [-0.15, -0.1) is 0 Å². The minimum absolute atomic E-state index is 0.0951. The summed E-state index contributed by atoms with van der Waals surface area (Å²) in [6, 6.07) is 0. The van der Waals surface area contributed by atoms with Crippen LogP contribution in [0.2, 0.25) is 0 Å². The zero-order valence-electron chi connectivity index (χ0n) is 10.2. The van der Waals surface area contributed by atoms with Crippen molar-refractivity contribution in [2.24, 2.45) is 12.5 Å². The molecular formula is C11H20N2OS. The van der Waals surface area contributed by atoms with Crippen LogP contribution in [0.3, 0.4) is 0 Å². The predicted molar refractivity (Wildman–Crippen MR) is 65.8 cm³/mol. The minimum Gasteiger partial charge on any atom is -0.489 e. The van der Waals surface area contributed by atoms with Crippen LogP contribution in [0, 0.1) is 19.3 Å². The van der Waals surface area contributed by atoms with Crippen LogP contribution in [0.5, 0.6) is 5.75 Å². The first-order valence-corrected chi connectivity index (χ1v) is 5.74. The second kappa shape index (κ2) is 4.47. The van der Waals surface area contributed by atoms with Crippen LogP contribution in [0.4, 0.5) is 0 Å². The molecule has 0 fully saturated rings. The van der Waals surface area contributed by atoms with Crippen molar-refractivity contribution in [3.05, 3.63) is 11.4 Å². The lowest BCUT2D eigenvalue weighted by Crippen LogP contribution is -2.23. The van der Waals surface area contributed by atoms with Crippen molar-refractivity contribution < 1.29 is 4.74 Å². The highest BCUT2D eigenvalue weighted by atomic mass is 32.1. The quantitative estimate of drug-likeness (QED) is 0.801. The summed E-state index contributed by atoms with van der Waals surface area (Å²) in [6.07, 6.45) is 0. The Hall–Kier alpha value is -0.640. The number of aryl methyl sites for hydroxylation is 2. The molecule has 1 aromatic heterocycles. The number of rotatable bonds is 4. The molecule has 15 heavy (non-hydrogen) atoms. The maximum Gasteiger partial charge on any atom is 0.162 e. The highest BCUT2D eigenvalue weighted by Crippen LogP contribution is 2.25. The van der Waals surface area contributed by atoms with Crippen molar-refractivity contribution >= 4 is 12.6 Å². The minimum atomic E-state index is 0.0951. The zero-order chi connectivity index (χ0) is 11.6. The van der Waals surface area contributed by atoms with Gasteiger partial charge in [0.25, 0.3) is 0 Å². The lowest BCUT2D eigenvalue weighted by Gasteiger charge is -2.22. The number of hydrogen-bond donors (Lipinski definition) is 1. The van der Waals surface area contributed by atoms with Gasteiger partial charge in [-0.05, 0) is 19.6 Å². The lowest BCUT2D eigenvalue weighted by atomic mass is 9.98. The van der Waals surface area contributed by atoms with Crippen molar-refractivity contribution in [1.29, 1.82) is 0 Å². The Morgan fingerprint density at radius 3 is 2.40 bits per heavy atom. The van der Waals surface area contributed by atoms with Gasteiger partial charge < -0.3 is 4.74 Å². The van der Waals surface area contributed by atoms with Gasteiger partial charge in [0, 0.05) is 12.5 Å². The Morgan fingerprint density at radius 1 is 1.40 bits per heavy atom. The molecule has 1 aromatic rings. The van der Waals surface area contributed by atoms with Crippen molar-refractivity contribution in [3.8, 4) is 5.75 Å². The van der Waals surface area contributed by atoms with E-state index in [0.717, 1.165) is 22.9 Å². The normalized spacial score (nSPS) is 11.9. The second-order valence-electron chi connectivity index (χ2n) is 4.73. The molecule has 4 heteroatoms. The lowest BCUT2D eigenvalue weighted by molar-refractivity contribution is 0.200. The average Bonchev–Trinajstić information content (AvgIpc) is 2.39. The van der Waals surface area contributed by atoms with Gasteiger partial charge in [-0.25, -0.2) is 0 Å². The van der Waals surface area contributed by atoms with Crippen LogP contribution in [-0.4, -0.2) is 22.1 Å². The molecule has 1 heterocycles. The van der Waals surface area contributed by atoms with Crippen LogP contribution >= 0.6 is 12.6 Å². The van der Waals surface area contributed by atoms with E-state index >= 15 is 0 Å². The molecule has 0 radical (unpaired) electrons. The number of ether oxygens (including phenoxy) is 1. The number of aromatic nitrogens is 2.